The smallest absolute Gasteiger partial charge is 0.0547 e. The third-order valence-corrected chi connectivity index (χ3v) is 11.2. The minimum Gasteiger partial charge on any atom is -0.310 e. The van der Waals surface area contributed by atoms with E-state index in [1.807, 2.05) is 0 Å². The molecule has 0 N–H and O–H groups in total. The largest absolute Gasteiger partial charge is 0.310 e. The van der Waals surface area contributed by atoms with Crippen molar-refractivity contribution < 1.29 is 0 Å². The Labute approximate surface area is 310 Å². The normalized spacial score (nSPS) is 12.9. The van der Waals surface area contributed by atoms with Crippen LogP contribution in [0.15, 0.2) is 194 Å². The molecule has 1 aliphatic rings. The lowest BCUT2D eigenvalue weighted by molar-refractivity contribution is 0.661. The van der Waals surface area contributed by atoms with Crippen LogP contribution < -0.4 is 4.90 Å². The maximum atomic E-state index is 2.49. The monoisotopic (exact) mass is 678 g/mol. The van der Waals surface area contributed by atoms with Gasteiger partial charge in [0, 0.05) is 33.1 Å². The summed E-state index contributed by atoms with van der Waals surface area (Å²) in [5.41, 5.74) is 17.1. The summed E-state index contributed by atoms with van der Waals surface area (Å²) in [6.45, 7) is 4.75. The molecule has 0 unspecified atom stereocenters. The van der Waals surface area contributed by atoms with Crippen molar-refractivity contribution in [3.05, 3.63) is 205 Å². The maximum absolute atomic E-state index is 2.49. The van der Waals surface area contributed by atoms with Gasteiger partial charge in [-0.05, 0) is 87.5 Å². The number of hydrogen-bond acceptors (Lipinski definition) is 1. The number of hydrogen-bond donors (Lipinski definition) is 0. The van der Waals surface area contributed by atoms with Gasteiger partial charge >= 0.3 is 0 Å². The van der Waals surface area contributed by atoms with Gasteiger partial charge in [0.05, 0.1) is 22.4 Å². The summed E-state index contributed by atoms with van der Waals surface area (Å²) < 4.78 is 2.39. The van der Waals surface area contributed by atoms with Gasteiger partial charge in [-0.15, -0.1) is 0 Å². The molecule has 10 rings (SSSR count). The fraction of sp³-hybridized carbons (Fsp3) is 0.0588. The van der Waals surface area contributed by atoms with Crippen molar-refractivity contribution in [2.24, 2.45) is 0 Å². The van der Waals surface area contributed by atoms with E-state index in [-0.39, 0.29) is 5.41 Å². The summed E-state index contributed by atoms with van der Waals surface area (Å²) >= 11 is 0. The molecule has 0 spiro atoms. The Morgan fingerprint density at radius 3 is 1.79 bits per heavy atom. The van der Waals surface area contributed by atoms with Crippen LogP contribution in [-0.4, -0.2) is 4.57 Å². The SMILES string of the molecule is CC1(C)c2ccccc2-c2cccc(N(c3ccc(-c4cccc5c4c4ccccc4n5-c4ccccc4)cc3)c3ccccc3-c3ccccc3)c21. The molecule has 252 valence electrons. The molecule has 0 saturated carbocycles. The van der Waals surface area contributed by atoms with Crippen LogP contribution in [-0.2, 0) is 5.41 Å². The zero-order chi connectivity index (χ0) is 35.5. The predicted octanol–water partition coefficient (Wildman–Crippen LogP) is 13.9. The highest BCUT2D eigenvalue weighted by Crippen LogP contribution is 2.55. The fourth-order valence-electron chi connectivity index (χ4n) is 8.85. The Morgan fingerprint density at radius 1 is 0.415 bits per heavy atom. The van der Waals surface area contributed by atoms with Crippen LogP contribution in [0.3, 0.4) is 0 Å². The van der Waals surface area contributed by atoms with E-state index in [0.717, 1.165) is 11.4 Å². The first kappa shape index (κ1) is 31.1. The van der Waals surface area contributed by atoms with Crippen LogP contribution in [0.1, 0.15) is 25.0 Å². The molecule has 2 nitrogen and oxygen atoms in total. The van der Waals surface area contributed by atoms with E-state index in [0.29, 0.717) is 0 Å². The van der Waals surface area contributed by atoms with Crippen molar-refractivity contribution >= 4 is 38.9 Å². The summed E-state index contributed by atoms with van der Waals surface area (Å²) in [4.78, 5) is 2.49. The van der Waals surface area contributed by atoms with E-state index in [4.69, 9.17) is 0 Å². The minimum absolute atomic E-state index is 0.176. The number of aromatic nitrogens is 1. The number of para-hydroxylation sites is 3. The average molecular weight is 679 g/mol. The van der Waals surface area contributed by atoms with Crippen LogP contribution >= 0.6 is 0 Å². The molecule has 9 aromatic rings. The third-order valence-electron chi connectivity index (χ3n) is 11.2. The molecule has 8 aromatic carbocycles. The van der Waals surface area contributed by atoms with E-state index in [1.165, 1.54) is 77.7 Å². The Morgan fingerprint density at radius 2 is 0.981 bits per heavy atom. The highest BCUT2D eigenvalue weighted by atomic mass is 15.1. The van der Waals surface area contributed by atoms with Gasteiger partial charge in [-0.3, -0.25) is 0 Å². The molecule has 0 amide bonds. The van der Waals surface area contributed by atoms with Crippen molar-refractivity contribution in [3.8, 4) is 39.1 Å². The summed E-state index contributed by atoms with van der Waals surface area (Å²) in [7, 11) is 0. The van der Waals surface area contributed by atoms with E-state index < -0.39 is 0 Å². The summed E-state index contributed by atoms with van der Waals surface area (Å²) in [5.74, 6) is 0. The maximum Gasteiger partial charge on any atom is 0.0547 e. The molecule has 1 aliphatic carbocycles. The Kier molecular flexibility index (Phi) is 7.19. The number of anilines is 3. The highest BCUT2D eigenvalue weighted by Gasteiger charge is 2.39. The minimum atomic E-state index is -0.176. The summed E-state index contributed by atoms with van der Waals surface area (Å²) in [5, 5.41) is 2.53. The van der Waals surface area contributed by atoms with Crippen molar-refractivity contribution in [1.29, 1.82) is 0 Å². The number of fused-ring (bicyclic) bond motifs is 6. The highest BCUT2D eigenvalue weighted by molar-refractivity contribution is 6.15. The predicted molar refractivity (Wildman–Crippen MR) is 224 cm³/mol. The Balaban J connectivity index is 1.18. The van der Waals surface area contributed by atoms with Gasteiger partial charge in [0.2, 0.25) is 0 Å². The topological polar surface area (TPSA) is 8.17 Å². The zero-order valence-corrected chi connectivity index (χ0v) is 29.9. The molecular formula is C51H38N2. The number of nitrogens with zero attached hydrogens (tertiary/aromatic N) is 2. The molecule has 53 heavy (non-hydrogen) atoms. The molecule has 1 aromatic heterocycles. The molecular weight excluding hydrogens is 641 g/mol. The number of rotatable bonds is 6. The van der Waals surface area contributed by atoms with Gasteiger partial charge in [0.1, 0.15) is 0 Å². The molecule has 0 atom stereocenters. The first-order valence-corrected chi connectivity index (χ1v) is 18.5. The van der Waals surface area contributed by atoms with Gasteiger partial charge in [0.15, 0.2) is 0 Å². The summed E-state index contributed by atoms with van der Waals surface area (Å²) in [6, 6.07) is 70.7. The molecule has 1 heterocycles. The first-order chi connectivity index (χ1) is 26.1. The zero-order valence-electron chi connectivity index (χ0n) is 29.9. The van der Waals surface area contributed by atoms with Crippen molar-refractivity contribution in [2.45, 2.75) is 19.3 Å². The van der Waals surface area contributed by atoms with Crippen LogP contribution in [0.4, 0.5) is 17.1 Å². The molecule has 0 saturated heterocycles. The standard InChI is InChI=1S/C51H38N2/c1-51(2)44-26-12-9-22-41(44)42-25-16-30-48(50(42)51)53(45-27-13-10-21-39(45)35-17-5-3-6-18-35)38-33-31-36(32-34-38)40-24-15-29-47-49(40)43-23-11-14-28-46(43)52(47)37-19-7-4-8-20-37/h3-34H,1-2H3. The lowest BCUT2D eigenvalue weighted by Crippen LogP contribution is -2.21. The number of benzene rings is 8. The van der Waals surface area contributed by atoms with Crippen LogP contribution in [0.2, 0.25) is 0 Å². The van der Waals surface area contributed by atoms with Crippen molar-refractivity contribution in [1.82, 2.24) is 4.57 Å². The lowest BCUT2D eigenvalue weighted by atomic mass is 9.81. The van der Waals surface area contributed by atoms with Gasteiger partial charge < -0.3 is 9.47 Å². The van der Waals surface area contributed by atoms with Crippen LogP contribution in [0.25, 0.3) is 60.9 Å². The van der Waals surface area contributed by atoms with E-state index >= 15 is 0 Å². The van der Waals surface area contributed by atoms with Crippen molar-refractivity contribution in [3.63, 3.8) is 0 Å². The van der Waals surface area contributed by atoms with Crippen LogP contribution in [0, 0.1) is 0 Å². The van der Waals surface area contributed by atoms with Gasteiger partial charge in [-0.1, -0.05) is 159 Å². The summed E-state index contributed by atoms with van der Waals surface area (Å²) in [6.07, 6.45) is 0. The van der Waals surface area contributed by atoms with Crippen LogP contribution in [0.5, 0.6) is 0 Å². The second kappa shape index (κ2) is 12.3. The van der Waals surface area contributed by atoms with E-state index in [1.54, 1.807) is 0 Å². The average Bonchev–Trinajstić information content (AvgIpc) is 3.68. The molecule has 0 radical (unpaired) electrons. The van der Waals surface area contributed by atoms with Gasteiger partial charge in [0.25, 0.3) is 0 Å². The Hall–Kier alpha value is -6.64. The first-order valence-electron chi connectivity index (χ1n) is 18.5. The molecule has 2 heteroatoms. The molecule has 0 bridgehead atoms. The van der Waals surface area contributed by atoms with Gasteiger partial charge in [-0.25, -0.2) is 0 Å². The molecule has 0 fully saturated rings. The van der Waals surface area contributed by atoms with Crippen molar-refractivity contribution in [2.75, 3.05) is 4.90 Å². The quantitative estimate of drug-likeness (QED) is 0.170. The second-order valence-corrected chi connectivity index (χ2v) is 14.5. The van der Waals surface area contributed by atoms with Gasteiger partial charge in [-0.2, -0.15) is 0 Å². The lowest BCUT2D eigenvalue weighted by Gasteiger charge is -2.33. The third kappa shape index (κ3) is 4.87. The van der Waals surface area contributed by atoms with E-state index in [9.17, 15) is 0 Å². The van der Waals surface area contributed by atoms with E-state index in [2.05, 4.69) is 217 Å². The fourth-order valence-corrected chi connectivity index (χ4v) is 8.85. The molecule has 0 aliphatic heterocycles. The second-order valence-electron chi connectivity index (χ2n) is 14.5. The Bertz CT molecular complexity index is 2790.